The van der Waals surface area contributed by atoms with Gasteiger partial charge in [0.1, 0.15) is 5.82 Å². The van der Waals surface area contributed by atoms with E-state index in [1.807, 2.05) is 0 Å². The number of nitro benzene ring substituents is 1. The van der Waals surface area contributed by atoms with Crippen molar-refractivity contribution in [1.82, 2.24) is 0 Å². The van der Waals surface area contributed by atoms with E-state index in [4.69, 9.17) is 9.84 Å². The zero-order chi connectivity index (χ0) is 12.7. The highest BCUT2D eigenvalue weighted by molar-refractivity contribution is 5.51. The van der Waals surface area contributed by atoms with E-state index in [1.54, 1.807) is 0 Å². The zero-order valence-corrected chi connectivity index (χ0v) is 9.06. The monoisotopic (exact) mass is 244 g/mol. The van der Waals surface area contributed by atoms with Crippen LogP contribution in [0.25, 0.3) is 0 Å². The number of ether oxygens (including phenoxy) is 1. The number of nitrogens with one attached hydrogen (secondary N) is 1. The predicted molar refractivity (Wildman–Crippen MR) is 59.4 cm³/mol. The van der Waals surface area contributed by atoms with E-state index in [-0.39, 0.29) is 18.9 Å². The van der Waals surface area contributed by atoms with E-state index < -0.39 is 10.7 Å². The second kappa shape index (κ2) is 6.77. The largest absolute Gasteiger partial charge is 0.394 e. The molecule has 17 heavy (non-hydrogen) atoms. The zero-order valence-electron chi connectivity index (χ0n) is 9.06. The molecule has 94 valence electrons. The Bertz CT molecular complexity index is 387. The minimum atomic E-state index is -0.669. The predicted octanol–water partition coefficient (Wildman–Crippen LogP) is 1.15. The third-order valence-electron chi connectivity index (χ3n) is 1.90. The fraction of sp³-hybridized carbons (Fsp3) is 0.400. The number of hydrogen-bond acceptors (Lipinski definition) is 5. The van der Waals surface area contributed by atoms with Gasteiger partial charge in [-0.3, -0.25) is 10.1 Å². The van der Waals surface area contributed by atoms with Gasteiger partial charge in [0.05, 0.1) is 30.8 Å². The smallest absolute Gasteiger partial charge is 0.274 e. The Hall–Kier alpha value is -1.73. The lowest BCUT2D eigenvalue weighted by Gasteiger charge is -2.06. The summed E-state index contributed by atoms with van der Waals surface area (Å²) in [6.45, 7) is 0.863. The molecule has 0 aliphatic rings. The standard InChI is InChI=1S/C10H13FN2O4/c11-8-5-9(7-10(6-8)13(15)16)12-1-3-17-4-2-14/h5-7,12,14H,1-4H2. The molecule has 0 saturated heterocycles. The first kappa shape index (κ1) is 13.3. The Morgan fingerprint density at radius 2 is 2.18 bits per heavy atom. The van der Waals surface area contributed by atoms with Gasteiger partial charge < -0.3 is 15.2 Å². The van der Waals surface area contributed by atoms with Gasteiger partial charge in [-0.1, -0.05) is 0 Å². The molecule has 7 heteroatoms. The minimum Gasteiger partial charge on any atom is -0.394 e. The number of aliphatic hydroxyl groups excluding tert-OH is 1. The molecular formula is C10H13FN2O4. The van der Waals surface area contributed by atoms with Gasteiger partial charge in [-0.05, 0) is 6.07 Å². The fourth-order valence-electron chi connectivity index (χ4n) is 1.22. The lowest BCUT2D eigenvalue weighted by molar-refractivity contribution is -0.385. The second-order valence-electron chi connectivity index (χ2n) is 3.22. The molecule has 0 amide bonds. The minimum absolute atomic E-state index is 0.0641. The Kier molecular flexibility index (Phi) is 5.31. The maximum Gasteiger partial charge on any atom is 0.274 e. The van der Waals surface area contributed by atoms with Crippen LogP contribution in [0, 0.1) is 15.9 Å². The van der Waals surface area contributed by atoms with Gasteiger partial charge in [0.2, 0.25) is 0 Å². The molecule has 0 atom stereocenters. The van der Waals surface area contributed by atoms with Crippen LogP contribution >= 0.6 is 0 Å². The van der Waals surface area contributed by atoms with E-state index >= 15 is 0 Å². The second-order valence-corrected chi connectivity index (χ2v) is 3.22. The average Bonchev–Trinajstić information content (AvgIpc) is 2.28. The highest BCUT2D eigenvalue weighted by Gasteiger charge is 2.09. The Balaban J connectivity index is 2.50. The molecule has 1 rings (SSSR count). The van der Waals surface area contributed by atoms with Gasteiger partial charge in [-0.25, -0.2) is 4.39 Å². The van der Waals surface area contributed by atoms with Crippen molar-refractivity contribution in [2.45, 2.75) is 0 Å². The molecule has 0 aromatic heterocycles. The molecule has 0 aliphatic carbocycles. The maximum atomic E-state index is 13.0. The van der Waals surface area contributed by atoms with E-state index in [9.17, 15) is 14.5 Å². The van der Waals surface area contributed by atoms with E-state index in [0.717, 1.165) is 6.07 Å². The summed E-state index contributed by atoms with van der Waals surface area (Å²) in [6, 6.07) is 3.27. The molecule has 0 fully saturated rings. The summed E-state index contributed by atoms with van der Waals surface area (Å²) < 4.78 is 18.0. The summed E-state index contributed by atoms with van der Waals surface area (Å²) in [6.07, 6.45) is 0. The molecule has 2 N–H and O–H groups in total. The van der Waals surface area contributed by atoms with Crippen molar-refractivity contribution in [2.75, 3.05) is 31.7 Å². The van der Waals surface area contributed by atoms with Crippen molar-refractivity contribution in [3.05, 3.63) is 34.1 Å². The van der Waals surface area contributed by atoms with Crippen LogP contribution in [0.3, 0.4) is 0 Å². The highest BCUT2D eigenvalue weighted by Crippen LogP contribution is 2.19. The molecule has 0 radical (unpaired) electrons. The highest BCUT2D eigenvalue weighted by atomic mass is 19.1. The molecule has 1 aromatic rings. The summed E-state index contributed by atoms with van der Waals surface area (Å²) in [4.78, 5) is 9.82. The Morgan fingerprint density at radius 3 is 2.82 bits per heavy atom. The van der Waals surface area contributed by atoms with Crippen LogP contribution in [0.15, 0.2) is 18.2 Å². The van der Waals surface area contributed by atoms with Gasteiger partial charge in [-0.15, -0.1) is 0 Å². The van der Waals surface area contributed by atoms with Crippen molar-refractivity contribution in [3.8, 4) is 0 Å². The molecule has 6 nitrogen and oxygen atoms in total. The van der Waals surface area contributed by atoms with Crippen molar-refractivity contribution in [1.29, 1.82) is 0 Å². The maximum absolute atomic E-state index is 13.0. The summed E-state index contributed by atoms with van der Waals surface area (Å²) >= 11 is 0. The van der Waals surface area contributed by atoms with Crippen molar-refractivity contribution < 1.29 is 19.2 Å². The molecule has 0 aliphatic heterocycles. The topological polar surface area (TPSA) is 84.6 Å². The van der Waals surface area contributed by atoms with Crippen molar-refractivity contribution in [3.63, 3.8) is 0 Å². The summed E-state index contributed by atoms with van der Waals surface area (Å²) in [5.41, 5.74) is 0.0214. The molecule has 0 unspecified atom stereocenters. The van der Waals surface area contributed by atoms with Crippen LogP contribution in [0.4, 0.5) is 15.8 Å². The number of non-ortho nitro benzene ring substituents is 1. The molecule has 0 spiro atoms. The van der Waals surface area contributed by atoms with Gasteiger partial charge in [0.25, 0.3) is 5.69 Å². The number of nitro groups is 1. The summed E-state index contributed by atoms with van der Waals surface area (Å²) in [7, 11) is 0. The van der Waals surface area contributed by atoms with E-state index in [0.29, 0.717) is 18.8 Å². The van der Waals surface area contributed by atoms with Gasteiger partial charge >= 0.3 is 0 Å². The van der Waals surface area contributed by atoms with Crippen LogP contribution in [0.5, 0.6) is 0 Å². The molecule has 0 bridgehead atoms. The summed E-state index contributed by atoms with van der Waals surface area (Å²) in [5, 5.41) is 21.7. The Labute approximate surface area is 97.2 Å². The SMILES string of the molecule is O=[N+]([O-])c1cc(F)cc(NCCOCCO)c1. The quantitative estimate of drug-likeness (QED) is 0.427. The van der Waals surface area contributed by atoms with Gasteiger partial charge in [0, 0.05) is 18.3 Å². The first-order valence-corrected chi connectivity index (χ1v) is 5.01. The van der Waals surface area contributed by atoms with Crippen molar-refractivity contribution >= 4 is 11.4 Å². The average molecular weight is 244 g/mol. The van der Waals surface area contributed by atoms with Crippen molar-refractivity contribution in [2.24, 2.45) is 0 Å². The number of aliphatic hydroxyl groups is 1. The number of rotatable bonds is 7. The van der Waals surface area contributed by atoms with Gasteiger partial charge in [-0.2, -0.15) is 0 Å². The lowest BCUT2D eigenvalue weighted by Crippen LogP contribution is -2.11. The van der Waals surface area contributed by atoms with Crippen LogP contribution in [0.1, 0.15) is 0 Å². The number of benzene rings is 1. The first-order chi connectivity index (χ1) is 8.13. The third-order valence-corrected chi connectivity index (χ3v) is 1.90. The Morgan fingerprint density at radius 1 is 1.41 bits per heavy atom. The number of nitrogens with zero attached hydrogens (tertiary/aromatic N) is 1. The van der Waals surface area contributed by atoms with Crippen LogP contribution in [-0.2, 0) is 4.74 Å². The molecular weight excluding hydrogens is 231 g/mol. The van der Waals surface area contributed by atoms with Crippen LogP contribution in [-0.4, -0.2) is 36.4 Å². The molecule has 0 saturated carbocycles. The fourth-order valence-corrected chi connectivity index (χ4v) is 1.22. The van der Waals surface area contributed by atoms with E-state index in [2.05, 4.69) is 5.32 Å². The molecule has 1 aromatic carbocycles. The number of halogens is 1. The van der Waals surface area contributed by atoms with Crippen LogP contribution in [0.2, 0.25) is 0 Å². The number of anilines is 1. The first-order valence-electron chi connectivity index (χ1n) is 5.01. The summed E-state index contributed by atoms with van der Waals surface area (Å²) in [5.74, 6) is -0.669. The lowest BCUT2D eigenvalue weighted by atomic mass is 10.2. The van der Waals surface area contributed by atoms with Crippen LogP contribution < -0.4 is 5.32 Å². The van der Waals surface area contributed by atoms with E-state index in [1.165, 1.54) is 12.1 Å². The molecule has 0 heterocycles. The third kappa shape index (κ3) is 4.75. The van der Waals surface area contributed by atoms with Gasteiger partial charge in [0.15, 0.2) is 0 Å². The normalized spacial score (nSPS) is 10.2. The number of hydrogen-bond donors (Lipinski definition) is 2.